The van der Waals surface area contributed by atoms with Crippen LogP contribution in [-0.4, -0.2) is 50.9 Å². The molecular weight excluding hydrogens is 256 g/mol. The highest BCUT2D eigenvalue weighted by molar-refractivity contribution is 5.72. The molecule has 3 rings (SSSR count). The van der Waals surface area contributed by atoms with Gasteiger partial charge in [-0.15, -0.1) is 10.2 Å². The second-order valence-electron chi connectivity index (χ2n) is 6.12. The summed E-state index contributed by atoms with van der Waals surface area (Å²) < 4.78 is 1.89. The van der Waals surface area contributed by atoms with Crippen LogP contribution < -0.4 is 0 Å². The minimum absolute atomic E-state index is 0.468. The van der Waals surface area contributed by atoms with E-state index in [1.54, 1.807) is 0 Å². The predicted molar refractivity (Wildman–Crippen MR) is 73.6 cm³/mol. The second kappa shape index (κ2) is 5.52. The Bertz CT molecular complexity index is 499. The summed E-state index contributed by atoms with van der Waals surface area (Å²) >= 11 is 0. The van der Waals surface area contributed by atoms with Crippen LogP contribution in [0, 0.1) is 5.92 Å². The standard InChI is InChI=1S/C14H22N4O2/c1-17-7-3-4-10(9-17)8-13-16-15-12-6-2-5-11(14(19)20)18(12)13/h10-11H,2-9H2,1H3,(H,19,20). The molecule has 0 saturated carbocycles. The number of piperidine rings is 1. The number of nitrogens with zero attached hydrogens (tertiary/aromatic N) is 4. The summed E-state index contributed by atoms with van der Waals surface area (Å²) in [6, 6.07) is -0.468. The van der Waals surface area contributed by atoms with Crippen LogP contribution >= 0.6 is 0 Å². The molecule has 6 heteroatoms. The Labute approximate surface area is 118 Å². The lowest BCUT2D eigenvalue weighted by molar-refractivity contribution is -0.141. The summed E-state index contributed by atoms with van der Waals surface area (Å²) in [6.07, 6.45) is 5.69. The summed E-state index contributed by atoms with van der Waals surface area (Å²) in [5.41, 5.74) is 0. The average molecular weight is 278 g/mol. The molecule has 1 fully saturated rings. The third-order valence-electron chi connectivity index (χ3n) is 4.51. The van der Waals surface area contributed by atoms with Gasteiger partial charge in [0.05, 0.1) is 0 Å². The molecule has 6 nitrogen and oxygen atoms in total. The Kier molecular flexibility index (Phi) is 3.74. The van der Waals surface area contributed by atoms with E-state index < -0.39 is 12.0 Å². The van der Waals surface area contributed by atoms with Gasteiger partial charge in [-0.2, -0.15) is 0 Å². The number of carboxylic acid groups (broad SMARTS) is 1. The number of hydrogen-bond donors (Lipinski definition) is 1. The van der Waals surface area contributed by atoms with Crippen LogP contribution in [0.5, 0.6) is 0 Å². The number of fused-ring (bicyclic) bond motifs is 1. The summed E-state index contributed by atoms with van der Waals surface area (Å²) in [5, 5.41) is 17.9. The van der Waals surface area contributed by atoms with Crippen molar-refractivity contribution in [3.8, 4) is 0 Å². The first-order chi connectivity index (χ1) is 9.65. The molecule has 0 radical (unpaired) electrons. The number of aliphatic carboxylic acids is 1. The molecule has 0 aromatic carbocycles. The van der Waals surface area contributed by atoms with Crippen molar-refractivity contribution in [3.63, 3.8) is 0 Å². The van der Waals surface area contributed by atoms with E-state index in [0.717, 1.165) is 44.0 Å². The minimum Gasteiger partial charge on any atom is -0.480 e. The molecule has 110 valence electrons. The summed E-state index contributed by atoms with van der Waals surface area (Å²) in [5.74, 6) is 1.53. The molecule has 2 unspecified atom stereocenters. The van der Waals surface area contributed by atoms with Crippen molar-refractivity contribution < 1.29 is 9.90 Å². The Morgan fingerprint density at radius 1 is 1.35 bits per heavy atom. The van der Waals surface area contributed by atoms with Crippen molar-refractivity contribution >= 4 is 5.97 Å². The van der Waals surface area contributed by atoms with E-state index in [4.69, 9.17) is 0 Å². The van der Waals surface area contributed by atoms with Gasteiger partial charge in [0.1, 0.15) is 17.7 Å². The first-order valence-corrected chi connectivity index (χ1v) is 7.49. The Hall–Kier alpha value is -1.43. The summed E-state index contributed by atoms with van der Waals surface area (Å²) in [4.78, 5) is 13.8. The fourth-order valence-electron chi connectivity index (χ4n) is 3.54. The SMILES string of the molecule is CN1CCCC(Cc2nnc3n2C(C(=O)O)CCC3)C1. The van der Waals surface area contributed by atoms with Gasteiger partial charge in [0.15, 0.2) is 0 Å². The predicted octanol–water partition coefficient (Wildman–Crippen LogP) is 1.12. The Morgan fingerprint density at radius 3 is 2.95 bits per heavy atom. The molecular formula is C14H22N4O2. The molecule has 1 saturated heterocycles. The quantitative estimate of drug-likeness (QED) is 0.897. The lowest BCUT2D eigenvalue weighted by Crippen LogP contribution is -2.34. The molecule has 0 bridgehead atoms. The van der Waals surface area contributed by atoms with E-state index in [0.29, 0.717) is 12.3 Å². The lowest BCUT2D eigenvalue weighted by Gasteiger charge is -2.30. The van der Waals surface area contributed by atoms with Crippen molar-refractivity contribution in [2.24, 2.45) is 5.92 Å². The van der Waals surface area contributed by atoms with Gasteiger partial charge in [0, 0.05) is 19.4 Å². The van der Waals surface area contributed by atoms with Crippen LogP contribution in [0.25, 0.3) is 0 Å². The molecule has 2 aliphatic rings. The van der Waals surface area contributed by atoms with E-state index in [1.165, 1.54) is 12.8 Å². The lowest BCUT2D eigenvalue weighted by atomic mass is 9.94. The highest BCUT2D eigenvalue weighted by atomic mass is 16.4. The van der Waals surface area contributed by atoms with Gasteiger partial charge in [-0.05, 0) is 45.2 Å². The molecule has 2 aliphatic heterocycles. The van der Waals surface area contributed by atoms with Gasteiger partial charge < -0.3 is 14.6 Å². The normalized spacial score (nSPS) is 27.2. The van der Waals surface area contributed by atoms with Crippen LogP contribution in [-0.2, 0) is 17.6 Å². The van der Waals surface area contributed by atoms with E-state index in [2.05, 4.69) is 22.1 Å². The monoisotopic (exact) mass is 278 g/mol. The first-order valence-electron chi connectivity index (χ1n) is 7.49. The Morgan fingerprint density at radius 2 is 2.20 bits per heavy atom. The highest BCUT2D eigenvalue weighted by Gasteiger charge is 2.30. The number of aryl methyl sites for hydroxylation is 1. The van der Waals surface area contributed by atoms with Gasteiger partial charge in [-0.25, -0.2) is 4.79 Å². The number of likely N-dealkylation sites (tertiary alicyclic amines) is 1. The first kappa shape index (κ1) is 13.5. The smallest absolute Gasteiger partial charge is 0.326 e. The maximum atomic E-state index is 11.4. The van der Waals surface area contributed by atoms with Crippen LogP contribution in [0.15, 0.2) is 0 Å². The zero-order valence-corrected chi connectivity index (χ0v) is 12.0. The number of carbonyl (C=O) groups is 1. The third kappa shape index (κ3) is 2.57. The number of rotatable bonds is 3. The topological polar surface area (TPSA) is 71.2 Å². The minimum atomic E-state index is -0.757. The van der Waals surface area contributed by atoms with Gasteiger partial charge in [-0.1, -0.05) is 0 Å². The molecule has 2 atom stereocenters. The molecule has 20 heavy (non-hydrogen) atoms. The van der Waals surface area contributed by atoms with E-state index >= 15 is 0 Å². The Balaban J connectivity index is 1.80. The third-order valence-corrected chi connectivity index (χ3v) is 4.51. The number of carboxylic acids is 1. The largest absolute Gasteiger partial charge is 0.480 e. The van der Waals surface area contributed by atoms with Crippen LogP contribution in [0.4, 0.5) is 0 Å². The molecule has 1 N–H and O–H groups in total. The fourth-order valence-corrected chi connectivity index (χ4v) is 3.54. The average Bonchev–Trinajstić information content (AvgIpc) is 2.82. The van der Waals surface area contributed by atoms with Gasteiger partial charge in [0.2, 0.25) is 0 Å². The van der Waals surface area contributed by atoms with Crippen molar-refractivity contribution in [1.29, 1.82) is 0 Å². The van der Waals surface area contributed by atoms with E-state index in [-0.39, 0.29) is 0 Å². The molecule has 1 aromatic rings. The second-order valence-corrected chi connectivity index (χ2v) is 6.12. The van der Waals surface area contributed by atoms with Crippen molar-refractivity contribution in [3.05, 3.63) is 11.6 Å². The zero-order valence-electron chi connectivity index (χ0n) is 12.0. The molecule has 0 spiro atoms. The van der Waals surface area contributed by atoms with Crippen LogP contribution in [0.1, 0.15) is 43.4 Å². The van der Waals surface area contributed by atoms with Gasteiger partial charge in [-0.3, -0.25) is 0 Å². The molecule has 3 heterocycles. The fraction of sp³-hybridized carbons (Fsp3) is 0.786. The molecule has 0 aliphatic carbocycles. The summed E-state index contributed by atoms with van der Waals surface area (Å²) in [7, 11) is 2.14. The molecule has 1 aromatic heterocycles. The van der Waals surface area contributed by atoms with Gasteiger partial charge in [0.25, 0.3) is 0 Å². The number of hydrogen-bond acceptors (Lipinski definition) is 4. The summed E-state index contributed by atoms with van der Waals surface area (Å²) in [6.45, 7) is 2.23. The maximum absolute atomic E-state index is 11.4. The maximum Gasteiger partial charge on any atom is 0.326 e. The van der Waals surface area contributed by atoms with Crippen LogP contribution in [0.2, 0.25) is 0 Å². The molecule has 0 amide bonds. The van der Waals surface area contributed by atoms with Crippen molar-refractivity contribution in [2.45, 2.75) is 44.6 Å². The van der Waals surface area contributed by atoms with E-state index in [1.807, 2.05) is 4.57 Å². The van der Waals surface area contributed by atoms with E-state index in [9.17, 15) is 9.90 Å². The number of aromatic nitrogens is 3. The zero-order chi connectivity index (χ0) is 14.1. The highest BCUT2D eigenvalue weighted by Crippen LogP contribution is 2.28. The van der Waals surface area contributed by atoms with Crippen molar-refractivity contribution in [1.82, 2.24) is 19.7 Å². The van der Waals surface area contributed by atoms with Crippen molar-refractivity contribution in [2.75, 3.05) is 20.1 Å². The van der Waals surface area contributed by atoms with Crippen LogP contribution in [0.3, 0.4) is 0 Å². The van der Waals surface area contributed by atoms with Gasteiger partial charge >= 0.3 is 5.97 Å².